The lowest BCUT2D eigenvalue weighted by molar-refractivity contribution is 0.229. The van der Waals surface area contributed by atoms with Gasteiger partial charge in [0.05, 0.1) is 11.6 Å². The molecule has 7 heteroatoms. The monoisotopic (exact) mass is 316 g/mol. The highest BCUT2D eigenvalue weighted by atomic mass is 35.5. The lowest BCUT2D eigenvalue weighted by Gasteiger charge is -2.10. The molecule has 0 atom stereocenters. The molecule has 0 radical (unpaired) electrons. The summed E-state index contributed by atoms with van der Waals surface area (Å²) in [6.45, 7) is 3.79. The van der Waals surface area contributed by atoms with E-state index in [-0.39, 0.29) is 19.1 Å². The molecule has 0 unspecified atom stereocenters. The Balaban J connectivity index is 2.14. The summed E-state index contributed by atoms with van der Waals surface area (Å²) >= 11 is 11.9. The second-order valence-corrected chi connectivity index (χ2v) is 5.37. The van der Waals surface area contributed by atoms with Gasteiger partial charge in [0.1, 0.15) is 5.75 Å². The Kier molecular flexibility index (Phi) is 4.86. The van der Waals surface area contributed by atoms with Gasteiger partial charge in [-0.1, -0.05) is 42.2 Å². The fourth-order valence-corrected chi connectivity index (χ4v) is 2.18. The van der Waals surface area contributed by atoms with Gasteiger partial charge in [-0.3, -0.25) is 0 Å². The van der Waals surface area contributed by atoms with Crippen LogP contribution in [0.2, 0.25) is 10.0 Å². The van der Waals surface area contributed by atoms with Crippen LogP contribution in [-0.4, -0.2) is 15.2 Å². The van der Waals surface area contributed by atoms with Gasteiger partial charge in [0.2, 0.25) is 0 Å². The van der Waals surface area contributed by atoms with Crippen LogP contribution >= 0.6 is 23.2 Å². The highest BCUT2D eigenvalue weighted by Crippen LogP contribution is 2.33. The quantitative estimate of drug-likeness (QED) is 0.913. The molecule has 0 aliphatic carbocycles. The van der Waals surface area contributed by atoms with Crippen LogP contribution in [-0.2, 0) is 13.2 Å². The van der Waals surface area contributed by atoms with Gasteiger partial charge in [0.25, 0.3) is 5.89 Å². The molecule has 0 spiro atoms. The van der Waals surface area contributed by atoms with E-state index in [2.05, 4.69) is 10.1 Å². The van der Waals surface area contributed by atoms with Gasteiger partial charge >= 0.3 is 0 Å². The molecular formula is C13H14Cl2N2O3. The standard InChI is InChI=1S/C13H14Cl2N2O3/c1-7(2)13-16-11(20-17-13)6-19-12-8(5-18)3-9(14)4-10(12)15/h3-4,7,18H,5-6H2,1-2H3. The van der Waals surface area contributed by atoms with E-state index in [9.17, 15) is 5.11 Å². The smallest absolute Gasteiger partial charge is 0.264 e. The van der Waals surface area contributed by atoms with E-state index in [4.69, 9.17) is 32.5 Å². The highest BCUT2D eigenvalue weighted by Gasteiger charge is 2.14. The average Bonchev–Trinajstić information content (AvgIpc) is 2.85. The fraction of sp³-hybridized carbons (Fsp3) is 0.385. The van der Waals surface area contributed by atoms with E-state index in [1.807, 2.05) is 13.8 Å². The van der Waals surface area contributed by atoms with Crippen molar-refractivity contribution in [3.05, 3.63) is 39.5 Å². The molecule has 0 aliphatic heterocycles. The molecule has 1 aromatic heterocycles. The molecule has 1 N–H and O–H groups in total. The molecule has 0 saturated carbocycles. The van der Waals surface area contributed by atoms with Crippen molar-refractivity contribution in [1.82, 2.24) is 10.1 Å². The van der Waals surface area contributed by atoms with Gasteiger partial charge in [0, 0.05) is 16.5 Å². The third-order valence-corrected chi connectivity index (χ3v) is 3.09. The van der Waals surface area contributed by atoms with Crippen molar-refractivity contribution in [3.63, 3.8) is 0 Å². The second kappa shape index (κ2) is 6.43. The molecule has 1 aromatic carbocycles. The molecule has 20 heavy (non-hydrogen) atoms. The molecule has 5 nitrogen and oxygen atoms in total. The van der Waals surface area contributed by atoms with Crippen molar-refractivity contribution in [2.24, 2.45) is 0 Å². The van der Waals surface area contributed by atoms with Crippen LogP contribution in [0.25, 0.3) is 0 Å². The number of rotatable bonds is 5. The van der Waals surface area contributed by atoms with E-state index in [0.717, 1.165) is 0 Å². The maximum atomic E-state index is 9.29. The van der Waals surface area contributed by atoms with Crippen molar-refractivity contribution in [1.29, 1.82) is 0 Å². The Morgan fingerprint density at radius 1 is 1.35 bits per heavy atom. The lowest BCUT2D eigenvalue weighted by Crippen LogP contribution is -2.00. The number of hydrogen-bond acceptors (Lipinski definition) is 5. The number of halogens is 2. The number of benzene rings is 1. The zero-order valence-electron chi connectivity index (χ0n) is 11.1. The van der Waals surface area contributed by atoms with Crippen LogP contribution in [0.4, 0.5) is 0 Å². The minimum absolute atomic E-state index is 0.0775. The predicted molar refractivity (Wildman–Crippen MR) is 75.1 cm³/mol. The minimum Gasteiger partial charge on any atom is -0.482 e. The van der Waals surface area contributed by atoms with Crippen molar-refractivity contribution in [2.45, 2.75) is 33.0 Å². The van der Waals surface area contributed by atoms with Crippen molar-refractivity contribution in [3.8, 4) is 5.75 Å². The molecule has 2 aromatic rings. The predicted octanol–water partition coefficient (Wildman–Crippen LogP) is 3.57. The summed E-state index contributed by atoms with van der Waals surface area (Å²) in [5.74, 6) is 1.51. The second-order valence-electron chi connectivity index (χ2n) is 4.52. The first-order chi connectivity index (χ1) is 9.51. The number of ether oxygens (including phenoxy) is 1. The molecule has 0 bridgehead atoms. The Morgan fingerprint density at radius 3 is 2.70 bits per heavy atom. The highest BCUT2D eigenvalue weighted by molar-refractivity contribution is 6.35. The maximum Gasteiger partial charge on any atom is 0.264 e. The number of nitrogens with zero attached hydrogens (tertiary/aromatic N) is 2. The zero-order valence-corrected chi connectivity index (χ0v) is 12.6. The summed E-state index contributed by atoms with van der Waals surface area (Å²) < 4.78 is 10.6. The number of aliphatic hydroxyl groups excluding tert-OH is 1. The molecule has 0 aliphatic rings. The van der Waals surface area contributed by atoms with Crippen LogP contribution < -0.4 is 4.74 Å². The normalized spacial score (nSPS) is 11.1. The van der Waals surface area contributed by atoms with E-state index >= 15 is 0 Å². The fourth-order valence-electron chi connectivity index (χ4n) is 1.59. The van der Waals surface area contributed by atoms with Crippen molar-refractivity contribution < 1.29 is 14.4 Å². The summed E-state index contributed by atoms with van der Waals surface area (Å²) in [5.41, 5.74) is 0.506. The van der Waals surface area contributed by atoms with Gasteiger partial charge in [-0.2, -0.15) is 4.98 Å². The summed E-state index contributed by atoms with van der Waals surface area (Å²) in [6.07, 6.45) is 0. The van der Waals surface area contributed by atoms with E-state index in [1.54, 1.807) is 12.1 Å². The van der Waals surface area contributed by atoms with Gasteiger partial charge in [-0.25, -0.2) is 0 Å². The molecule has 108 valence electrons. The summed E-state index contributed by atoms with van der Waals surface area (Å²) in [6, 6.07) is 3.14. The Hall–Kier alpha value is -1.30. The van der Waals surface area contributed by atoms with Crippen LogP contribution in [0.15, 0.2) is 16.7 Å². The number of hydrogen-bond donors (Lipinski definition) is 1. The Morgan fingerprint density at radius 2 is 2.10 bits per heavy atom. The SMILES string of the molecule is CC(C)c1noc(COc2c(Cl)cc(Cl)cc2CO)n1. The Labute approximate surface area is 126 Å². The first-order valence-corrected chi connectivity index (χ1v) is 6.81. The molecule has 0 saturated heterocycles. The zero-order chi connectivity index (χ0) is 14.7. The summed E-state index contributed by atoms with van der Waals surface area (Å²) in [7, 11) is 0. The van der Waals surface area contributed by atoms with Gasteiger partial charge < -0.3 is 14.4 Å². The van der Waals surface area contributed by atoms with Gasteiger partial charge in [-0.05, 0) is 12.1 Å². The van der Waals surface area contributed by atoms with Crippen LogP contribution in [0.3, 0.4) is 0 Å². The molecule has 1 heterocycles. The topological polar surface area (TPSA) is 68.4 Å². The lowest BCUT2D eigenvalue weighted by atomic mass is 10.2. The minimum atomic E-state index is -0.226. The van der Waals surface area contributed by atoms with Crippen LogP contribution in [0.1, 0.15) is 37.0 Å². The van der Waals surface area contributed by atoms with Crippen molar-refractivity contribution in [2.75, 3.05) is 0 Å². The number of aliphatic hydroxyl groups is 1. The van der Waals surface area contributed by atoms with E-state index in [0.29, 0.717) is 33.1 Å². The first-order valence-electron chi connectivity index (χ1n) is 6.05. The average molecular weight is 317 g/mol. The molecule has 0 amide bonds. The largest absolute Gasteiger partial charge is 0.482 e. The van der Waals surface area contributed by atoms with Gasteiger partial charge in [0.15, 0.2) is 12.4 Å². The molecular weight excluding hydrogens is 303 g/mol. The molecule has 0 fully saturated rings. The Bertz CT molecular complexity index is 599. The van der Waals surface area contributed by atoms with Crippen LogP contribution in [0, 0.1) is 0 Å². The van der Waals surface area contributed by atoms with E-state index < -0.39 is 0 Å². The number of aromatic nitrogens is 2. The third kappa shape index (κ3) is 3.42. The van der Waals surface area contributed by atoms with E-state index in [1.165, 1.54) is 0 Å². The summed E-state index contributed by atoms with van der Waals surface area (Å²) in [4.78, 5) is 4.19. The first kappa shape index (κ1) is 15.1. The summed E-state index contributed by atoms with van der Waals surface area (Å²) in [5, 5.41) is 13.9. The molecule has 2 rings (SSSR count). The third-order valence-electron chi connectivity index (χ3n) is 2.60. The van der Waals surface area contributed by atoms with Crippen molar-refractivity contribution >= 4 is 23.2 Å². The maximum absolute atomic E-state index is 9.29. The van der Waals surface area contributed by atoms with Gasteiger partial charge in [-0.15, -0.1) is 0 Å². The van der Waals surface area contributed by atoms with Crippen LogP contribution in [0.5, 0.6) is 5.75 Å².